The van der Waals surface area contributed by atoms with Gasteiger partial charge in [-0.2, -0.15) is 0 Å². The molecule has 0 N–H and O–H groups in total. The number of hydrogen-bond acceptors (Lipinski definition) is 8. The van der Waals surface area contributed by atoms with Crippen LogP contribution in [0.2, 0.25) is 5.02 Å². The molecule has 3 fully saturated rings. The molecule has 11 heteroatoms. The summed E-state index contributed by atoms with van der Waals surface area (Å²) < 4.78 is 2.18. The molecule has 1 aromatic carbocycles. The van der Waals surface area contributed by atoms with Crippen LogP contribution in [0.4, 0.5) is 11.9 Å². The van der Waals surface area contributed by atoms with Crippen LogP contribution in [0.5, 0.6) is 0 Å². The molecule has 3 aliphatic heterocycles. The van der Waals surface area contributed by atoms with Gasteiger partial charge in [0.1, 0.15) is 5.54 Å². The number of aromatic nitrogens is 5. The van der Waals surface area contributed by atoms with E-state index in [0.29, 0.717) is 18.1 Å². The topological polar surface area (TPSA) is 86.5 Å². The van der Waals surface area contributed by atoms with Gasteiger partial charge in [0.25, 0.3) is 0 Å². The Bertz CT molecular complexity index is 1400. The van der Waals surface area contributed by atoms with Crippen molar-refractivity contribution in [3.05, 3.63) is 52.6 Å². The minimum atomic E-state index is -0.474. The quantitative estimate of drug-likeness (QED) is 0.519. The van der Waals surface area contributed by atoms with Gasteiger partial charge in [-0.15, -0.1) is 10.2 Å². The Morgan fingerprint density at radius 2 is 1.78 bits per heavy atom. The number of amides is 1. The van der Waals surface area contributed by atoms with Crippen LogP contribution in [-0.4, -0.2) is 86.3 Å². The first kappa shape index (κ1) is 22.9. The minimum Gasteiger partial charge on any atom is -0.347 e. The summed E-state index contributed by atoms with van der Waals surface area (Å²) in [6.07, 6.45) is 3.54. The Hall–Kier alpha value is -3.24. The number of anilines is 2. The maximum Gasteiger partial charge on any atom is 0.242 e. The van der Waals surface area contributed by atoms with Crippen molar-refractivity contribution in [2.24, 2.45) is 5.41 Å². The zero-order valence-electron chi connectivity index (χ0n) is 21.4. The van der Waals surface area contributed by atoms with Gasteiger partial charge in [0.05, 0.1) is 12.2 Å². The van der Waals surface area contributed by atoms with E-state index in [4.69, 9.17) is 11.6 Å². The summed E-state index contributed by atoms with van der Waals surface area (Å²) in [4.78, 5) is 30.7. The van der Waals surface area contributed by atoms with E-state index >= 15 is 0 Å². The number of likely N-dealkylation sites (N-methyl/N-ethyl adjacent to an activating group) is 1. The van der Waals surface area contributed by atoms with Crippen LogP contribution in [-0.2, 0) is 17.9 Å². The fourth-order valence-electron chi connectivity index (χ4n) is 6.29. The molecule has 7 rings (SSSR count). The van der Waals surface area contributed by atoms with E-state index in [0.717, 1.165) is 73.7 Å². The predicted octanol–water partition coefficient (Wildman–Crippen LogP) is 2.28. The third kappa shape index (κ3) is 3.53. The fourth-order valence-corrected chi connectivity index (χ4v) is 6.49. The zero-order chi connectivity index (χ0) is 25.5. The van der Waals surface area contributed by atoms with Crippen molar-refractivity contribution >= 4 is 29.4 Å². The predicted molar refractivity (Wildman–Crippen MR) is 140 cm³/mol. The molecule has 10 nitrogen and oxygen atoms in total. The van der Waals surface area contributed by atoms with Crippen LogP contribution in [0.3, 0.4) is 0 Å². The second kappa shape index (κ2) is 7.88. The number of fused-ring (bicyclic) bond motifs is 3. The van der Waals surface area contributed by atoms with Crippen LogP contribution in [0.1, 0.15) is 29.9 Å². The lowest BCUT2D eigenvalue weighted by Crippen LogP contribution is -2.73. The van der Waals surface area contributed by atoms with Gasteiger partial charge in [0, 0.05) is 69.1 Å². The van der Waals surface area contributed by atoms with Gasteiger partial charge in [-0.1, -0.05) is 11.6 Å². The van der Waals surface area contributed by atoms with E-state index in [-0.39, 0.29) is 11.3 Å². The maximum absolute atomic E-state index is 13.2. The molecule has 37 heavy (non-hydrogen) atoms. The van der Waals surface area contributed by atoms with Crippen LogP contribution in [0, 0.1) is 12.3 Å². The van der Waals surface area contributed by atoms with E-state index in [1.54, 1.807) is 4.90 Å². The second-order valence-corrected chi connectivity index (χ2v) is 11.8. The largest absolute Gasteiger partial charge is 0.347 e. The molecule has 1 aliphatic carbocycles. The normalized spacial score (nSPS) is 21.0. The summed E-state index contributed by atoms with van der Waals surface area (Å²) in [5.74, 6) is 2.69. The molecule has 192 valence electrons. The minimum absolute atomic E-state index is 0.154. The van der Waals surface area contributed by atoms with Crippen molar-refractivity contribution in [1.29, 1.82) is 0 Å². The average molecular weight is 520 g/mol. The van der Waals surface area contributed by atoms with Crippen molar-refractivity contribution < 1.29 is 4.79 Å². The van der Waals surface area contributed by atoms with Gasteiger partial charge in [-0.25, -0.2) is 9.97 Å². The summed E-state index contributed by atoms with van der Waals surface area (Å²) in [5.41, 5.74) is 2.87. The molecule has 5 heterocycles. The third-order valence-corrected chi connectivity index (χ3v) is 8.51. The third-order valence-electron chi connectivity index (χ3n) is 8.27. The maximum atomic E-state index is 13.2. The van der Waals surface area contributed by atoms with E-state index in [2.05, 4.69) is 45.5 Å². The number of halogens is 1. The summed E-state index contributed by atoms with van der Waals surface area (Å²) in [7, 11) is 3.66. The Balaban J connectivity index is 1.16. The summed E-state index contributed by atoms with van der Waals surface area (Å²) in [6, 6.07) is 7.92. The van der Waals surface area contributed by atoms with Crippen LogP contribution < -0.4 is 9.80 Å². The lowest BCUT2D eigenvalue weighted by Gasteiger charge is -2.60. The molecule has 0 bridgehead atoms. The highest BCUT2D eigenvalue weighted by atomic mass is 35.5. The monoisotopic (exact) mass is 519 g/mol. The molecular formula is C26H30ClN9O. The summed E-state index contributed by atoms with van der Waals surface area (Å²) in [5, 5.41) is 9.99. The molecular weight excluding hydrogens is 490 g/mol. The number of benzene rings is 1. The number of hydrogen-bond donors (Lipinski definition) is 0. The first-order valence-electron chi connectivity index (χ1n) is 12.8. The number of carbonyl (C=O) groups excluding carboxylic acids is 1. The van der Waals surface area contributed by atoms with Crippen molar-refractivity contribution in [1.82, 2.24) is 34.5 Å². The number of aryl methyl sites for hydroxylation is 1. The van der Waals surface area contributed by atoms with Crippen molar-refractivity contribution in [3.63, 3.8) is 0 Å². The molecule has 2 aromatic heterocycles. The molecule has 3 aromatic rings. The second-order valence-electron chi connectivity index (χ2n) is 11.3. The van der Waals surface area contributed by atoms with Gasteiger partial charge >= 0.3 is 0 Å². The lowest BCUT2D eigenvalue weighted by atomic mass is 9.73. The van der Waals surface area contributed by atoms with Gasteiger partial charge in [0.15, 0.2) is 5.82 Å². The van der Waals surface area contributed by atoms with Crippen molar-refractivity contribution in [2.45, 2.75) is 38.4 Å². The van der Waals surface area contributed by atoms with Gasteiger partial charge < -0.3 is 14.7 Å². The molecule has 1 spiro atoms. The van der Waals surface area contributed by atoms with Gasteiger partial charge in [-0.05, 0) is 49.6 Å². The Labute approximate surface area is 220 Å². The lowest BCUT2D eigenvalue weighted by molar-refractivity contribution is -0.136. The van der Waals surface area contributed by atoms with E-state index in [9.17, 15) is 4.79 Å². The first-order valence-corrected chi connectivity index (χ1v) is 13.1. The molecule has 1 saturated carbocycles. The van der Waals surface area contributed by atoms with Crippen molar-refractivity contribution in [3.8, 4) is 5.69 Å². The molecule has 0 atom stereocenters. The highest BCUT2D eigenvalue weighted by Gasteiger charge is 2.57. The highest BCUT2D eigenvalue weighted by molar-refractivity contribution is 6.30. The van der Waals surface area contributed by atoms with Crippen LogP contribution >= 0.6 is 11.6 Å². The Kier molecular flexibility index (Phi) is 4.88. The zero-order valence-corrected chi connectivity index (χ0v) is 22.1. The fraction of sp³-hybridized carbons (Fsp3) is 0.500. The average Bonchev–Trinajstić information content (AvgIpc) is 3.55. The SMILES string of the molecule is Cc1ccnc(N2CC3(C2)CN(c2nnc4n2-c2ccc(Cl)cc2CN(C2(C(=O)N(C)C)CC2)C4)C3)n1. The number of carbonyl (C=O) groups is 1. The van der Waals surface area contributed by atoms with Crippen LogP contribution in [0.25, 0.3) is 5.69 Å². The Morgan fingerprint density at radius 1 is 1.03 bits per heavy atom. The van der Waals surface area contributed by atoms with Gasteiger partial charge in [0.2, 0.25) is 17.8 Å². The summed E-state index contributed by atoms with van der Waals surface area (Å²) >= 11 is 6.44. The molecule has 0 unspecified atom stereocenters. The highest BCUT2D eigenvalue weighted by Crippen LogP contribution is 2.47. The molecule has 0 radical (unpaired) electrons. The first-order chi connectivity index (χ1) is 17.8. The molecule has 4 aliphatic rings. The van der Waals surface area contributed by atoms with Crippen LogP contribution in [0.15, 0.2) is 30.5 Å². The molecule has 1 amide bonds. The van der Waals surface area contributed by atoms with Crippen molar-refractivity contribution in [2.75, 3.05) is 50.1 Å². The van der Waals surface area contributed by atoms with E-state index in [1.807, 2.05) is 45.4 Å². The standard InChI is InChI=1S/C26H30ClN9O/c1-17-6-9-28-23(29-17)33-13-25(14-33)15-34(16-25)24-31-30-21-12-35(26(7-8-26)22(37)32(2)3)11-18-10-19(27)4-5-20(18)36(21)24/h4-6,9-10H,7-8,11-16H2,1-3H3. The van der Waals surface area contributed by atoms with Gasteiger partial charge in [-0.3, -0.25) is 14.3 Å². The summed E-state index contributed by atoms with van der Waals surface area (Å²) in [6.45, 7) is 6.94. The molecule has 2 saturated heterocycles. The van der Waals surface area contributed by atoms with E-state index in [1.165, 1.54) is 0 Å². The van der Waals surface area contributed by atoms with E-state index < -0.39 is 5.54 Å². The number of nitrogens with zero attached hydrogens (tertiary/aromatic N) is 9. The number of rotatable bonds is 4. The smallest absolute Gasteiger partial charge is 0.242 e. The Morgan fingerprint density at radius 3 is 2.49 bits per heavy atom.